The molecule has 0 saturated heterocycles. The van der Waals surface area contributed by atoms with Crippen molar-refractivity contribution in [1.82, 2.24) is 43.6 Å². The molecule has 6 heterocycles. The summed E-state index contributed by atoms with van der Waals surface area (Å²) in [5.74, 6) is -13.2. The molecule has 107 heavy (non-hydrogen) atoms. The molecule has 0 fully saturated rings. The molecule has 0 radical (unpaired) electrons. The van der Waals surface area contributed by atoms with Crippen molar-refractivity contribution in [2.24, 2.45) is 10.8 Å². The monoisotopic (exact) mass is 1510 g/mol. The molecule has 0 aliphatic heterocycles. The molecule has 554 valence electrons. The number of fused-ring (bicyclic) bond motifs is 3. The molecule has 3 atom stereocenters. The van der Waals surface area contributed by atoms with Gasteiger partial charge in [0.25, 0.3) is 16.7 Å². The number of benzene rings is 6. The minimum absolute atomic E-state index is 0.000250. The summed E-state index contributed by atoms with van der Waals surface area (Å²) in [5.41, 5.74) is 7.22. The lowest BCUT2D eigenvalue weighted by Gasteiger charge is -2.23. The number of azide groups is 1. The van der Waals surface area contributed by atoms with Gasteiger partial charge in [0.2, 0.25) is 17.6 Å². The quantitative estimate of drug-likeness (QED) is 0.0330. The number of nitrogens with zero attached hydrogens (tertiary/aromatic N) is 12. The van der Waals surface area contributed by atoms with Crippen molar-refractivity contribution < 1.29 is 98.3 Å². The van der Waals surface area contributed by atoms with Gasteiger partial charge in [0.15, 0.2) is 0 Å². The van der Waals surface area contributed by atoms with E-state index in [4.69, 9.17) is 25.5 Å². The van der Waals surface area contributed by atoms with Crippen molar-refractivity contribution in [3.63, 3.8) is 0 Å². The second-order valence-electron chi connectivity index (χ2n) is 22.5. The number of aliphatic hydroxyl groups excluding tert-OH is 1. The van der Waals surface area contributed by atoms with E-state index >= 15 is 0 Å². The molecule has 0 aliphatic carbocycles. The normalized spacial score (nSPS) is 12.5. The van der Waals surface area contributed by atoms with Gasteiger partial charge in [-0.25, -0.2) is 54.5 Å². The highest BCUT2D eigenvalue weighted by atomic mass is 19.4. The third kappa shape index (κ3) is 17.5. The number of alkyl halides is 9. The molecule has 0 saturated carbocycles. The number of aromatic nitrogens is 9. The molecule has 0 spiro atoms. The van der Waals surface area contributed by atoms with Crippen LogP contribution in [0.4, 0.5) is 79.0 Å². The van der Waals surface area contributed by atoms with Crippen molar-refractivity contribution >= 4 is 32.7 Å². The molecule has 20 nitrogen and oxygen atoms in total. The third-order valence-corrected chi connectivity index (χ3v) is 15.7. The van der Waals surface area contributed by atoms with Crippen molar-refractivity contribution in [3.8, 4) is 34.9 Å². The average Bonchev–Trinajstić information content (AvgIpc) is 0.774. The second kappa shape index (κ2) is 32.3. The number of ether oxygens (including phenoxy) is 3. The number of nitrogens with two attached hydrogens (primary N) is 1. The van der Waals surface area contributed by atoms with E-state index in [-0.39, 0.29) is 82.3 Å². The summed E-state index contributed by atoms with van der Waals surface area (Å²) >= 11 is 0. The summed E-state index contributed by atoms with van der Waals surface area (Å²) in [4.78, 5) is 61.9. The van der Waals surface area contributed by atoms with E-state index in [1.807, 2.05) is 0 Å². The topological polar surface area (TPSA) is 266 Å². The Morgan fingerprint density at radius 2 is 0.720 bits per heavy atom. The van der Waals surface area contributed by atoms with Gasteiger partial charge in [0.1, 0.15) is 86.3 Å². The molecule has 0 aliphatic rings. The van der Waals surface area contributed by atoms with Crippen LogP contribution in [-0.4, -0.2) is 68.4 Å². The lowest BCUT2D eigenvalue weighted by Crippen LogP contribution is -2.22. The van der Waals surface area contributed by atoms with Crippen LogP contribution in [0.3, 0.4) is 0 Å². The van der Waals surface area contributed by atoms with Gasteiger partial charge in [-0.2, -0.15) is 54.5 Å². The predicted octanol–water partition coefficient (Wildman–Crippen LogP) is 16.3. The Morgan fingerprint density at radius 3 is 0.991 bits per heavy atom. The molecule has 12 aromatic rings. The molecule has 3 N–H and O–H groups in total. The van der Waals surface area contributed by atoms with E-state index in [0.29, 0.717) is 36.4 Å². The maximum atomic E-state index is 14.7. The Morgan fingerprint density at radius 1 is 0.430 bits per heavy atom. The minimum atomic E-state index is -4.75. The number of hydrogen-bond donors (Lipinski definition) is 2. The molecular formula is C69H45F18N13O7. The van der Waals surface area contributed by atoms with Crippen LogP contribution in [0.1, 0.15) is 70.8 Å². The number of pyridine rings is 3. The van der Waals surface area contributed by atoms with Crippen molar-refractivity contribution in [2.45, 2.75) is 55.9 Å². The predicted molar refractivity (Wildman–Crippen MR) is 343 cm³/mol. The largest absolute Gasteiger partial charge is 0.438 e. The number of rotatable bonds is 19. The first kappa shape index (κ1) is 77.2. The van der Waals surface area contributed by atoms with E-state index in [1.54, 1.807) is 0 Å². The molecule has 38 heteroatoms. The zero-order valence-corrected chi connectivity index (χ0v) is 53.7. The number of halogens is 18. The van der Waals surface area contributed by atoms with Gasteiger partial charge in [-0.1, -0.05) is 5.11 Å². The van der Waals surface area contributed by atoms with Gasteiger partial charge in [-0.15, -0.1) is 0 Å². The van der Waals surface area contributed by atoms with Gasteiger partial charge in [-0.3, -0.25) is 14.4 Å². The second-order valence-corrected chi connectivity index (χ2v) is 22.5. The highest BCUT2D eigenvalue weighted by molar-refractivity contribution is 5.82. The molecule has 6 aromatic carbocycles. The van der Waals surface area contributed by atoms with Crippen LogP contribution in [0.25, 0.3) is 43.2 Å². The van der Waals surface area contributed by atoms with Crippen LogP contribution in [0.5, 0.6) is 34.9 Å². The highest BCUT2D eigenvalue weighted by Crippen LogP contribution is 2.42. The fraction of sp³-hybridized carbons (Fsp3) is 0.174. The SMILES string of the molecule is NCC[C@H](c1c(F)cc(F)cc1F)n1cnc(=O)c2cc(Oc3ncccc3C(F)(F)F)ccc21.O=c1ncn([C@H](CCO)c2c(F)cc(F)cc2F)c2ccc(Oc3ncccc3C(F)(F)F)cc12.[N-]=[N+]=NCC[C@H](c1c(F)cc(F)cc1F)n1cnc(=O)c2cc(Oc3ncccc3C(F)(F)F)ccc21. The van der Waals surface area contributed by atoms with Gasteiger partial charge >= 0.3 is 18.5 Å². The molecule has 0 amide bonds. The van der Waals surface area contributed by atoms with Gasteiger partial charge in [-0.05, 0) is 122 Å². The fourth-order valence-corrected chi connectivity index (χ4v) is 11.2. The Bertz CT molecular complexity index is 5280. The summed E-state index contributed by atoms with van der Waals surface area (Å²) < 4.78 is 267. The van der Waals surface area contributed by atoms with Crippen LogP contribution >= 0.6 is 0 Å². The lowest BCUT2D eigenvalue weighted by atomic mass is 10.0. The van der Waals surface area contributed by atoms with Crippen molar-refractivity contribution in [1.29, 1.82) is 0 Å². The van der Waals surface area contributed by atoms with Crippen LogP contribution in [0.2, 0.25) is 0 Å². The average molecular weight is 1510 g/mol. The summed E-state index contributed by atoms with van der Waals surface area (Å²) in [7, 11) is 0. The van der Waals surface area contributed by atoms with Gasteiger partial charge < -0.3 is 38.8 Å². The van der Waals surface area contributed by atoms with Crippen LogP contribution < -0.4 is 36.6 Å². The molecule has 0 unspecified atom stereocenters. The van der Waals surface area contributed by atoms with Gasteiger partial charge in [0.05, 0.1) is 69.8 Å². The molecule has 0 bridgehead atoms. The third-order valence-electron chi connectivity index (χ3n) is 15.7. The minimum Gasteiger partial charge on any atom is -0.438 e. The van der Waals surface area contributed by atoms with Crippen LogP contribution in [-0.2, 0) is 18.5 Å². The first-order valence-corrected chi connectivity index (χ1v) is 30.7. The molecule has 12 rings (SSSR count). The maximum absolute atomic E-state index is 14.7. The highest BCUT2D eigenvalue weighted by Gasteiger charge is 2.38. The first-order valence-electron chi connectivity index (χ1n) is 30.7. The maximum Gasteiger partial charge on any atom is 0.421 e. The summed E-state index contributed by atoms with van der Waals surface area (Å²) in [6.45, 7) is -0.753. The van der Waals surface area contributed by atoms with Gasteiger partial charge in [0, 0.05) is 89.7 Å². The van der Waals surface area contributed by atoms with Crippen LogP contribution in [0, 0.1) is 52.4 Å². The first-order chi connectivity index (χ1) is 50.8. The summed E-state index contributed by atoms with van der Waals surface area (Å²) in [6, 6.07) is 16.0. The van der Waals surface area contributed by atoms with Crippen molar-refractivity contribution in [3.05, 3.63) is 292 Å². The fourth-order valence-electron chi connectivity index (χ4n) is 11.2. The number of hydrogen-bond acceptors (Lipinski definition) is 15. The van der Waals surface area contributed by atoms with E-state index in [2.05, 4.69) is 39.9 Å². The Labute approximate surface area is 586 Å². The van der Waals surface area contributed by atoms with E-state index in [0.717, 1.165) is 92.2 Å². The lowest BCUT2D eigenvalue weighted by molar-refractivity contribution is -0.139. The zero-order chi connectivity index (χ0) is 77.4. The standard InChI is InChI=1S/C23H14F6N6O2.C23H16F6N4O2.C23H15F6N3O3/c24-12-8-16(25)20(17(26)9-12)19(5-7-33-34-30)35-11-32-21(36)14-10-13(3-4-18(14)35)37-22-15(23(27,28)29)2-1-6-31-22;24-12-8-16(25)20(17(26)9-12)19(5-6-30)33-11-32-21(34)14-10-13(3-4-18(14)33)35-22-15(23(27,28)29)2-1-7-31-22;24-12-8-16(25)20(17(26)9-12)19(5-7-33)32-11-31-21(34)14-10-13(3-4-18(14)32)35-22-15(23(27,28)29)2-1-6-30-22/h1-4,6,8-11,19H,5,7H2;1-4,7-11,19H,5-6,30H2;1-4,6,8-11,19,33H,5,7H2/t3*19-/m111/s1. The van der Waals surface area contributed by atoms with Crippen molar-refractivity contribution in [2.75, 3.05) is 19.7 Å². The molecule has 6 aromatic heterocycles. The van der Waals surface area contributed by atoms with Crippen LogP contribution in [0.15, 0.2) is 184 Å². The Kier molecular flexibility index (Phi) is 23.3. The van der Waals surface area contributed by atoms with E-state index < -0.39 is 163 Å². The smallest absolute Gasteiger partial charge is 0.421 e. The zero-order valence-electron chi connectivity index (χ0n) is 53.7. The Balaban J connectivity index is 0.000000172. The molecular weight excluding hydrogens is 1460 g/mol. The van der Waals surface area contributed by atoms with E-state index in [9.17, 15) is 98.5 Å². The van der Waals surface area contributed by atoms with E-state index in [1.165, 1.54) is 50.1 Å². The Hall–Kier alpha value is -12.4. The summed E-state index contributed by atoms with van der Waals surface area (Å²) in [5, 5.41) is 12.5. The number of aliphatic hydroxyl groups is 1. The summed E-state index contributed by atoms with van der Waals surface area (Å²) in [6.07, 6.45) is -8.21.